The molecule has 0 aliphatic carbocycles. The van der Waals surface area contributed by atoms with E-state index in [0.29, 0.717) is 23.4 Å². The molecule has 30 heavy (non-hydrogen) atoms. The first-order chi connectivity index (χ1) is 14.5. The van der Waals surface area contributed by atoms with E-state index < -0.39 is 11.2 Å². The van der Waals surface area contributed by atoms with Gasteiger partial charge in [-0.15, -0.1) is 0 Å². The van der Waals surface area contributed by atoms with Crippen LogP contribution in [0.1, 0.15) is 12.0 Å². The lowest BCUT2D eigenvalue weighted by atomic mass is 10.2. The highest BCUT2D eigenvalue weighted by molar-refractivity contribution is 5.77. The van der Waals surface area contributed by atoms with Crippen LogP contribution >= 0.6 is 0 Å². The summed E-state index contributed by atoms with van der Waals surface area (Å²) < 4.78 is 17.7. The van der Waals surface area contributed by atoms with Crippen molar-refractivity contribution in [3.63, 3.8) is 0 Å². The first-order valence-electron chi connectivity index (χ1n) is 9.62. The maximum Gasteiger partial charge on any atom is 0.332 e. The fraction of sp³-hybridized carbons (Fsp3) is 0.227. The molecule has 1 N–H and O–H groups in total. The van der Waals surface area contributed by atoms with Crippen LogP contribution in [0.3, 0.4) is 0 Å². The highest BCUT2D eigenvalue weighted by Crippen LogP contribution is 2.24. The molecule has 4 aromatic rings. The minimum atomic E-state index is -0.490. The number of nitrogens with zero attached hydrogens (tertiary/aromatic N) is 4. The third-order valence-electron chi connectivity index (χ3n) is 5.06. The molecule has 0 spiro atoms. The van der Waals surface area contributed by atoms with Gasteiger partial charge in [0.25, 0.3) is 5.56 Å². The van der Waals surface area contributed by atoms with Gasteiger partial charge in [0.05, 0.1) is 0 Å². The van der Waals surface area contributed by atoms with E-state index in [0.717, 1.165) is 10.1 Å². The molecule has 0 bridgehead atoms. The number of fused-ring (bicyclic) bond motifs is 1. The SMILES string of the molecule is Cn1c(=O)n(CCCO)c(=O)c2c1nc(-c1ccc(F)cc1)n2Cc1ccccc1. The zero-order chi connectivity index (χ0) is 21.3. The van der Waals surface area contributed by atoms with Crippen LogP contribution in [-0.2, 0) is 20.1 Å². The molecule has 7 nitrogen and oxygen atoms in total. The molecule has 2 aromatic heterocycles. The smallest absolute Gasteiger partial charge is 0.332 e. The van der Waals surface area contributed by atoms with E-state index >= 15 is 0 Å². The average Bonchev–Trinajstić information content (AvgIpc) is 3.13. The molecular formula is C22H21FN4O3. The Balaban J connectivity index is 2.03. The van der Waals surface area contributed by atoms with Crippen LogP contribution in [-0.4, -0.2) is 30.4 Å². The van der Waals surface area contributed by atoms with Crippen molar-refractivity contribution in [1.29, 1.82) is 0 Å². The van der Waals surface area contributed by atoms with Gasteiger partial charge in [-0.1, -0.05) is 30.3 Å². The van der Waals surface area contributed by atoms with Gasteiger partial charge in [0, 0.05) is 32.3 Å². The van der Waals surface area contributed by atoms with Crippen LogP contribution in [0.25, 0.3) is 22.6 Å². The zero-order valence-electron chi connectivity index (χ0n) is 16.5. The lowest BCUT2D eigenvalue weighted by Gasteiger charge is -2.11. The lowest BCUT2D eigenvalue weighted by molar-refractivity contribution is 0.277. The second-order valence-electron chi connectivity index (χ2n) is 7.06. The Bertz CT molecular complexity index is 1300. The molecule has 0 radical (unpaired) electrons. The normalized spacial score (nSPS) is 11.3. The first kappa shape index (κ1) is 19.8. The van der Waals surface area contributed by atoms with Crippen molar-refractivity contribution < 1.29 is 9.50 Å². The minimum absolute atomic E-state index is 0.111. The van der Waals surface area contributed by atoms with Crippen molar-refractivity contribution in [2.75, 3.05) is 6.61 Å². The number of aromatic nitrogens is 4. The first-order valence-corrected chi connectivity index (χ1v) is 9.62. The third-order valence-corrected chi connectivity index (χ3v) is 5.06. The van der Waals surface area contributed by atoms with E-state index in [1.807, 2.05) is 30.3 Å². The van der Waals surface area contributed by atoms with Crippen molar-refractivity contribution in [3.8, 4) is 11.4 Å². The maximum absolute atomic E-state index is 13.5. The quantitative estimate of drug-likeness (QED) is 0.530. The Hall–Kier alpha value is -3.52. The summed E-state index contributed by atoms with van der Waals surface area (Å²) in [7, 11) is 1.56. The van der Waals surface area contributed by atoms with E-state index in [-0.39, 0.29) is 31.0 Å². The Labute approximate surface area is 171 Å². The van der Waals surface area contributed by atoms with E-state index in [1.54, 1.807) is 23.7 Å². The summed E-state index contributed by atoms with van der Waals surface area (Å²) in [5.41, 5.74) is 1.20. The average molecular weight is 408 g/mol. The van der Waals surface area contributed by atoms with Gasteiger partial charge in [-0.2, -0.15) is 0 Å². The molecule has 4 rings (SSSR count). The van der Waals surface area contributed by atoms with Gasteiger partial charge in [-0.3, -0.25) is 13.9 Å². The summed E-state index contributed by atoms with van der Waals surface area (Å²) >= 11 is 0. The third kappa shape index (κ3) is 3.46. The lowest BCUT2D eigenvalue weighted by Crippen LogP contribution is -2.39. The number of aliphatic hydroxyl groups is 1. The van der Waals surface area contributed by atoms with Crippen LogP contribution < -0.4 is 11.2 Å². The number of benzene rings is 2. The summed E-state index contributed by atoms with van der Waals surface area (Å²) in [5.74, 6) is 0.101. The largest absolute Gasteiger partial charge is 0.396 e. The standard InChI is InChI=1S/C22H21FN4O3/c1-25-20-18(21(29)26(22(25)30)12-5-13-28)27(14-15-6-3-2-4-7-15)19(24-20)16-8-10-17(23)11-9-16/h2-4,6-11,28H,5,12-14H2,1H3. The zero-order valence-corrected chi connectivity index (χ0v) is 16.5. The van der Waals surface area contributed by atoms with Crippen molar-refractivity contribution >= 4 is 11.2 Å². The number of hydrogen-bond acceptors (Lipinski definition) is 4. The molecule has 0 amide bonds. The predicted molar refractivity (Wildman–Crippen MR) is 112 cm³/mol. The van der Waals surface area contributed by atoms with E-state index in [9.17, 15) is 14.0 Å². The molecule has 0 aliphatic heterocycles. The summed E-state index contributed by atoms with van der Waals surface area (Å²) in [6.07, 6.45) is 0.290. The molecule has 2 aromatic carbocycles. The molecule has 0 unspecified atom stereocenters. The highest BCUT2D eigenvalue weighted by atomic mass is 19.1. The summed E-state index contributed by atoms with van der Waals surface area (Å²) in [5, 5.41) is 9.14. The Morgan fingerprint density at radius 3 is 2.37 bits per heavy atom. The van der Waals surface area contributed by atoms with E-state index in [2.05, 4.69) is 4.98 Å². The van der Waals surface area contributed by atoms with Crippen LogP contribution in [0.15, 0.2) is 64.2 Å². The number of rotatable bonds is 6. The molecular weight excluding hydrogens is 387 g/mol. The van der Waals surface area contributed by atoms with E-state index in [1.165, 1.54) is 16.7 Å². The topological polar surface area (TPSA) is 82.0 Å². The molecule has 8 heteroatoms. The van der Waals surface area contributed by atoms with Crippen molar-refractivity contribution in [2.45, 2.75) is 19.5 Å². The van der Waals surface area contributed by atoms with Crippen LogP contribution in [0.2, 0.25) is 0 Å². The molecule has 0 saturated carbocycles. The molecule has 0 saturated heterocycles. The Morgan fingerprint density at radius 1 is 1.00 bits per heavy atom. The fourth-order valence-electron chi connectivity index (χ4n) is 3.54. The number of aryl methyl sites for hydroxylation is 1. The molecule has 0 atom stereocenters. The van der Waals surface area contributed by atoms with Crippen molar-refractivity contribution in [2.24, 2.45) is 7.05 Å². The molecule has 0 aliphatic rings. The van der Waals surface area contributed by atoms with Gasteiger partial charge in [0.2, 0.25) is 0 Å². The van der Waals surface area contributed by atoms with Gasteiger partial charge in [-0.05, 0) is 36.2 Å². The maximum atomic E-state index is 13.5. The van der Waals surface area contributed by atoms with Crippen molar-refractivity contribution in [1.82, 2.24) is 18.7 Å². The van der Waals surface area contributed by atoms with Gasteiger partial charge in [0.1, 0.15) is 11.6 Å². The molecule has 154 valence electrons. The second-order valence-corrected chi connectivity index (χ2v) is 7.06. The van der Waals surface area contributed by atoms with Crippen LogP contribution in [0, 0.1) is 5.82 Å². The highest BCUT2D eigenvalue weighted by Gasteiger charge is 2.21. The van der Waals surface area contributed by atoms with Crippen LogP contribution in [0.4, 0.5) is 4.39 Å². The molecule has 0 fully saturated rings. The summed E-state index contributed by atoms with van der Waals surface area (Å²) in [6.45, 7) is 0.343. The van der Waals surface area contributed by atoms with Gasteiger partial charge < -0.3 is 9.67 Å². The number of halogens is 1. The van der Waals surface area contributed by atoms with E-state index in [4.69, 9.17) is 5.11 Å². The van der Waals surface area contributed by atoms with Gasteiger partial charge in [0.15, 0.2) is 11.2 Å². The summed E-state index contributed by atoms with van der Waals surface area (Å²) in [4.78, 5) is 30.6. The number of aliphatic hydroxyl groups excluding tert-OH is 1. The Kier molecular flexibility index (Phi) is 5.33. The van der Waals surface area contributed by atoms with Gasteiger partial charge in [-0.25, -0.2) is 14.2 Å². The number of hydrogen-bond donors (Lipinski definition) is 1. The number of imidazole rings is 1. The van der Waals surface area contributed by atoms with Gasteiger partial charge >= 0.3 is 5.69 Å². The van der Waals surface area contributed by atoms with Crippen molar-refractivity contribution in [3.05, 3.63) is 86.8 Å². The minimum Gasteiger partial charge on any atom is -0.396 e. The fourth-order valence-corrected chi connectivity index (χ4v) is 3.54. The predicted octanol–water partition coefficient (Wildman–Crippen LogP) is 2.13. The summed E-state index contributed by atoms with van der Waals surface area (Å²) in [6, 6.07) is 15.4. The Morgan fingerprint density at radius 2 is 1.70 bits per heavy atom. The van der Waals surface area contributed by atoms with Crippen LogP contribution in [0.5, 0.6) is 0 Å². The second kappa shape index (κ2) is 8.08. The molecule has 2 heterocycles. The monoisotopic (exact) mass is 408 g/mol.